The second-order valence-electron chi connectivity index (χ2n) is 3.29. The van der Waals surface area contributed by atoms with Crippen molar-refractivity contribution in [2.45, 2.75) is 13.5 Å². The van der Waals surface area contributed by atoms with Gasteiger partial charge < -0.3 is 10.5 Å². The fourth-order valence-corrected chi connectivity index (χ4v) is 2.11. The van der Waals surface area contributed by atoms with Crippen molar-refractivity contribution >= 4 is 11.3 Å². The molecule has 0 radical (unpaired) electrons. The van der Waals surface area contributed by atoms with E-state index in [0.29, 0.717) is 13.2 Å². The van der Waals surface area contributed by atoms with Crippen molar-refractivity contribution in [1.29, 1.82) is 0 Å². The van der Waals surface area contributed by atoms with Crippen LogP contribution in [0.4, 0.5) is 0 Å². The van der Waals surface area contributed by atoms with Gasteiger partial charge in [-0.1, -0.05) is 0 Å². The molecule has 0 bridgehead atoms. The van der Waals surface area contributed by atoms with Gasteiger partial charge in [0.25, 0.3) is 0 Å². The number of thiazole rings is 1. The first kappa shape index (κ1) is 11.1. The highest BCUT2D eigenvalue weighted by Crippen LogP contribution is 2.23. The smallest absolute Gasteiger partial charge is 0.119 e. The van der Waals surface area contributed by atoms with Gasteiger partial charge in [0.15, 0.2) is 0 Å². The molecule has 0 saturated carbocycles. The first-order valence-electron chi connectivity index (χ1n) is 5.21. The third-order valence-electron chi connectivity index (χ3n) is 2.19. The number of rotatable bonds is 4. The van der Waals surface area contributed by atoms with E-state index in [4.69, 9.17) is 10.5 Å². The molecule has 2 aromatic rings. The molecular formula is C12H14N2OS. The maximum Gasteiger partial charge on any atom is 0.119 e. The molecule has 0 unspecified atom stereocenters. The van der Waals surface area contributed by atoms with Crippen LogP contribution < -0.4 is 10.5 Å². The molecule has 0 aliphatic carbocycles. The molecule has 3 nitrogen and oxygen atoms in total. The van der Waals surface area contributed by atoms with Gasteiger partial charge in [-0.2, -0.15) is 0 Å². The zero-order valence-electron chi connectivity index (χ0n) is 9.14. The Labute approximate surface area is 98.9 Å². The molecule has 1 heterocycles. The standard InChI is InChI=1S/C12H14N2OS/c1-2-15-10-5-3-9(4-6-10)11-8-16-12(7-13)14-11/h3-6,8H,2,7,13H2,1H3. The average molecular weight is 234 g/mol. The molecule has 4 heteroatoms. The summed E-state index contributed by atoms with van der Waals surface area (Å²) < 4.78 is 5.39. The lowest BCUT2D eigenvalue weighted by molar-refractivity contribution is 0.340. The zero-order valence-corrected chi connectivity index (χ0v) is 9.96. The molecule has 0 aliphatic rings. The highest BCUT2D eigenvalue weighted by Gasteiger charge is 2.03. The van der Waals surface area contributed by atoms with E-state index in [0.717, 1.165) is 22.0 Å². The second-order valence-corrected chi connectivity index (χ2v) is 4.23. The van der Waals surface area contributed by atoms with Gasteiger partial charge in [-0.25, -0.2) is 4.98 Å². The summed E-state index contributed by atoms with van der Waals surface area (Å²) >= 11 is 1.59. The summed E-state index contributed by atoms with van der Waals surface area (Å²) in [7, 11) is 0. The highest BCUT2D eigenvalue weighted by atomic mass is 32.1. The van der Waals surface area contributed by atoms with E-state index in [1.54, 1.807) is 11.3 Å². The molecular weight excluding hydrogens is 220 g/mol. The summed E-state index contributed by atoms with van der Waals surface area (Å²) in [6, 6.07) is 7.95. The summed E-state index contributed by atoms with van der Waals surface area (Å²) in [4.78, 5) is 4.43. The molecule has 84 valence electrons. The second kappa shape index (κ2) is 5.09. The Morgan fingerprint density at radius 1 is 1.31 bits per heavy atom. The van der Waals surface area contributed by atoms with Crippen LogP contribution in [0.2, 0.25) is 0 Å². The molecule has 0 saturated heterocycles. The Morgan fingerprint density at radius 3 is 2.62 bits per heavy atom. The number of hydrogen-bond acceptors (Lipinski definition) is 4. The normalized spacial score (nSPS) is 10.4. The van der Waals surface area contributed by atoms with Gasteiger partial charge in [0.1, 0.15) is 10.8 Å². The Balaban J connectivity index is 2.20. The summed E-state index contributed by atoms with van der Waals surface area (Å²) in [5.74, 6) is 0.889. The van der Waals surface area contributed by atoms with Crippen molar-refractivity contribution in [2.75, 3.05) is 6.61 Å². The third kappa shape index (κ3) is 2.40. The molecule has 0 aliphatic heterocycles. The van der Waals surface area contributed by atoms with Crippen LogP contribution in [-0.4, -0.2) is 11.6 Å². The van der Waals surface area contributed by atoms with Crippen molar-refractivity contribution in [3.05, 3.63) is 34.7 Å². The molecule has 2 N–H and O–H groups in total. The van der Waals surface area contributed by atoms with Crippen LogP contribution in [-0.2, 0) is 6.54 Å². The van der Waals surface area contributed by atoms with E-state index < -0.39 is 0 Å². The van der Waals surface area contributed by atoms with E-state index in [1.165, 1.54) is 0 Å². The number of aromatic nitrogens is 1. The van der Waals surface area contributed by atoms with E-state index >= 15 is 0 Å². The number of ether oxygens (including phenoxy) is 1. The largest absolute Gasteiger partial charge is 0.494 e. The lowest BCUT2D eigenvalue weighted by Crippen LogP contribution is -1.94. The molecule has 1 aromatic heterocycles. The minimum Gasteiger partial charge on any atom is -0.494 e. The van der Waals surface area contributed by atoms with Crippen LogP contribution in [0.5, 0.6) is 5.75 Å². The minimum absolute atomic E-state index is 0.502. The average Bonchev–Trinajstić information content (AvgIpc) is 2.79. The Hall–Kier alpha value is -1.39. The quantitative estimate of drug-likeness (QED) is 0.884. The maximum absolute atomic E-state index is 5.53. The van der Waals surface area contributed by atoms with Crippen molar-refractivity contribution in [1.82, 2.24) is 4.98 Å². The Bertz CT molecular complexity index is 450. The summed E-state index contributed by atoms with van der Waals surface area (Å²) in [5.41, 5.74) is 7.61. The SMILES string of the molecule is CCOc1ccc(-c2csc(CN)n2)cc1. The van der Waals surface area contributed by atoms with Gasteiger partial charge in [0.05, 0.1) is 12.3 Å². The first-order chi connectivity index (χ1) is 7.83. The molecule has 0 fully saturated rings. The lowest BCUT2D eigenvalue weighted by atomic mass is 10.2. The Morgan fingerprint density at radius 2 is 2.06 bits per heavy atom. The van der Waals surface area contributed by atoms with Gasteiger partial charge in [0, 0.05) is 17.5 Å². The number of nitrogens with two attached hydrogens (primary N) is 1. The van der Waals surface area contributed by atoms with Gasteiger partial charge in [0.2, 0.25) is 0 Å². The zero-order chi connectivity index (χ0) is 11.4. The van der Waals surface area contributed by atoms with E-state index in [-0.39, 0.29) is 0 Å². The van der Waals surface area contributed by atoms with Gasteiger partial charge in [-0.05, 0) is 31.2 Å². The topological polar surface area (TPSA) is 48.1 Å². The maximum atomic E-state index is 5.53. The van der Waals surface area contributed by atoms with Gasteiger partial charge >= 0.3 is 0 Å². The van der Waals surface area contributed by atoms with Crippen LogP contribution >= 0.6 is 11.3 Å². The third-order valence-corrected chi connectivity index (χ3v) is 3.06. The molecule has 16 heavy (non-hydrogen) atoms. The van der Waals surface area contributed by atoms with Crippen molar-refractivity contribution < 1.29 is 4.74 Å². The van der Waals surface area contributed by atoms with Gasteiger partial charge in [-0.15, -0.1) is 11.3 Å². The van der Waals surface area contributed by atoms with Gasteiger partial charge in [-0.3, -0.25) is 0 Å². The summed E-state index contributed by atoms with van der Waals surface area (Å²) in [5, 5.41) is 2.99. The minimum atomic E-state index is 0.502. The van der Waals surface area contributed by atoms with Crippen LogP contribution in [0.3, 0.4) is 0 Å². The number of nitrogens with zero attached hydrogens (tertiary/aromatic N) is 1. The molecule has 0 spiro atoms. The van der Waals surface area contributed by atoms with E-state index in [2.05, 4.69) is 4.98 Å². The number of hydrogen-bond donors (Lipinski definition) is 1. The summed E-state index contributed by atoms with van der Waals surface area (Å²) in [6.07, 6.45) is 0. The lowest BCUT2D eigenvalue weighted by Gasteiger charge is -2.03. The Kier molecular flexibility index (Phi) is 3.54. The predicted molar refractivity (Wildman–Crippen MR) is 66.6 cm³/mol. The van der Waals surface area contributed by atoms with Crippen LogP contribution in [0.15, 0.2) is 29.6 Å². The summed E-state index contributed by atoms with van der Waals surface area (Å²) in [6.45, 7) is 3.16. The van der Waals surface area contributed by atoms with Crippen molar-refractivity contribution in [2.24, 2.45) is 5.73 Å². The molecule has 2 rings (SSSR count). The fourth-order valence-electron chi connectivity index (χ4n) is 1.43. The molecule has 0 amide bonds. The highest BCUT2D eigenvalue weighted by molar-refractivity contribution is 7.09. The number of benzene rings is 1. The molecule has 1 aromatic carbocycles. The van der Waals surface area contributed by atoms with Crippen molar-refractivity contribution in [3.8, 4) is 17.0 Å². The van der Waals surface area contributed by atoms with E-state index in [1.807, 2.05) is 36.6 Å². The van der Waals surface area contributed by atoms with Crippen LogP contribution in [0.1, 0.15) is 11.9 Å². The van der Waals surface area contributed by atoms with Crippen molar-refractivity contribution in [3.63, 3.8) is 0 Å². The monoisotopic (exact) mass is 234 g/mol. The van der Waals surface area contributed by atoms with Crippen LogP contribution in [0, 0.1) is 0 Å². The fraction of sp³-hybridized carbons (Fsp3) is 0.250. The van der Waals surface area contributed by atoms with Crippen LogP contribution in [0.25, 0.3) is 11.3 Å². The van der Waals surface area contributed by atoms with E-state index in [9.17, 15) is 0 Å². The first-order valence-corrected chi connectivity index (χ1v) is 6.09. The molecule has 0 atom stereocenters. The predicted octanol–water partition coefficient (Wildman–Crippen LogP) is 2.67.